The van der Waals surface area contributed by atoms with E-state index in [-0.39, 0.29) is 19.3 Å². The fraction of sp³-hybridized carbons (Fsp3) is 0.238. The number of hydrogen-bond donors (Lipinski definition) is 4. The van der Waals surface area contributed by atoms with Crippen molar-refractivity contribution >= 4 is 24.3 Å². The first-order chi connectivity index (χ1) is 13.8. The van der Waals surface area contributed by atoms with Crippen molar-refractivity contribution in [3.63, 3.8) is 0 Å². The largest absolute Gasteiger partial charge is 0.479 e. The van der Waals surface area contributed by atoms with Crippen LogP contribution in [-0.2, 0) is 19.9 Å². The van der Waals surface area contributed by atoms with Crippen LogP contribution >= 0.6 is 0 Å². The van der Waals surface area contributed by atoms with E-state index in [1.807, 2.05) is 0 Å². The van der Waals surface area contributed by atoms with Gasteiger partial charge in [-0.15, -0.1) is 0 Å². The summed E-state index contributed by atoms with van der Waals surface area (Å²) in [5.74, 6) is 2.85. The predicted molar refractivity (Wildman–Crippen MR) is 109 cm³/mol. The fourth-order valence-electron chi connectivity index (χ4n) is 3.29. The van der Waals surface area contributed by atoms with Gasteiger partial charge in [-0.3, -0.25) is 4.79 Å². The van der Waals surface area contributed by atoms with Gasteiger partial charge < -0.3 is 27.2 Å². The summed E-state index contributed by atoms with van der Waals surface area (Å²) in [6, 6.07) is 14.8. The van der Waals surface area contributed by atoms with Crippen LogP contribution in [0.1, 0.15) is 36.0 Å². The van der Waals surface area contributed by atoms with E-state index in [9.17, 15) is 19.5 Å². The summed E-state index contributed by atoms with van der Waals surface area (Å²) in [6.07, 6.45) is 2.20. The summed E-state index contributed by atoms with van der Waals surface area (Å²) in [7, 11) is 0. The van der Waals surface area contributed by atoms with Crippen molar-refractivity contribution in [3.8, 4) is 0 Å². The van der Waals surface area contributed by atoms with Gasteiger partial charge in [-0.25, -0.2) is 4.79 Å². The molecule has 0 spiro atoms. The number of rotatable bonds is 10. The number of carbonyl (C=O) groups is 3. The van der Waals surface area contributed by atoms with Crippen molar-refractivity contribution in [2.45, 2.75) is 30.3 Å². The summed E-state index contributed by atoms with van der Waals surface area (Å²) in [5.41, 5.74) is 10.0. The van der Waals surface area contributed by atoms with Crippen LogP contribution in [0.4, 0.5) is 0 Å². The minimum Gasteiger partial charge on any atom is -0.479 e. The Hall–Kier alpha value is -3.36. The Kier molecular flexibility index (Phi) is 6.98. The summed E-state index contributed by atoms with van der Waals surface area (Å²) in [5, 5.41) is 13.5. The van der Waals surface area contributed by atoms with Crippen LogP contribution in [0.5, 0.6) is 0 Å². The maximum Gasteiger partial charge on any atom is 0.334 e. The van der Waals surface area contributed by atoms with Gasteiger partial charge in [0.15, 0.2) is 11.3 Å². The Morgan fingerprint density at radius 2 is 1.59 bits per heavy atom. The number of carbonyl (C=O) groups excluding carboxylic acids is 2. The number of aldehydes is 1. The second-order valence-corrected chi connectivity index (χ2v) is 6.67. The Labute approximate surface area is 168 Å². The molecule has 0 saturated heterocycles. The van der Waals surface area contributed by atoms with E-state index < -0.39 is 22.8 Å². The van der Waals surface area contributed by atoms with Crippen molar-refractivity contribution in [2.75, 3.05) is 0 Å². The minimum atomic E-state index is -2.46. The zero-order valence-electron chi connectivity index (χ0n) is 15.8. The second kappa shape index (κ2) is 9.22. The molecule has 2 unspecified atom stereocenters. The third kappa shape index (κ3) is 4.08. The zero-order valence-corrected chi connectivity index (χ0v) is 15.8. The standard InChI is InChI=1S/C21H24N4O4/c22-20(16-6-2-1-3-7-16,17-11-9-15(10-12-17)14-25-24)21(23,19(28)29)18(27)8-4-5-13-26/h1-3,6-7,9-14H,4-5,8,22-24H2,(H,28,29). The molecule has 0 fully saturated rings. The highest BCUT2D eigenvalue weighted by Gasteiger charge is 2.58. The maximum absolute atomic E-state index is 13.0. The Morgan fingerprint density at radius 1 is 1.00 bits per heavy atom. The molecule has 2 aromatic carbocycles. The second-order valence-electron chi connectivity index (χ2n) is 6.67. The first-order valence-electron chi connectivity index (χ1n) is 8.99. The SMILES string of the molecule is NN=Cc1ccc(C(N)(c2ccccc2)C(N)(C(=O)O)C(=O)CCCC=O)cc1. The Morgan fingerprint density at radius 3 is 2.10 bits per heavy atom. The van der Waals surface area contributed by atoms with E-state index in [1.54, 1.807) is 54.6 Å². The van der Waals surface area contributed by atoms with Crippen LogP contribution in [0.2, 0.25) is 0 Å². The number of aliphatic carboxylic acids is 1. The summed E-state index contributed by atoms with van der Waals surface area (Å²) in [4.78, 5) is 35.9. The Bertz CT molecular complexity index is 899. The van der Waals surface area contributed by atoms with Crippen LogP contribution in [-0.4, -0.2) is 34.9 Å². The smallest absolute Gasteiger partial charge is 0.334 e. The van der Waals surface area contributed by atoms with Gasteiger partial charge >= 0.3 is 5.97 Å². The van der Waals surface area contributed by atoms with E-state index in [0.29, 0.717) is 23.0 Å². The van der Waals surface area contributed by atoms with Crippen LogP contribution in [0.15, 0.2) is 59.7 Å². The van der Waals surface area contributed by atoms with Gasteiger partial charge in [-0.05, 0) is 23.1 Å². The van der Waals surface area contributed by atoms with Crippen LogP contribution < -0.4 is 17.3 Å². The molecule has 152 valence electrons. The molecule has 2 aromatic rings. The molecule has 0 radical (unpaired) electrons. The number of Topliss-reactive ketones (excluding diaryl/α,β-unsaturated/α-hetero) is 1. The molecule has 0 saturated carbocycles. The van der Waals surface area contributed by atoms with Gasteiger partial charge in [0.25, 0.3) is 0 Å². The molecule has 0 bridgehead atoms. The molecule has 0 aliphatic heterocycles. The summed E-state index contributed by atoms with van der Waals surface area (Å²) >= 11 is 0. The van der Waals surface area contributed by atoms with Crippen molar-refractivity contribution in [2.24, 2.45) is 22.4 Å². The molecule has 0 amide bonds. The number of carboxylic acid groups (broad SMARTS) is 1. The molecular weight excluding hydrogens is 372 g/mol. The highest BCUT2D eigenvalue weighted by Crippen LogP contribution is 2.38. The summed E-state index contributed by atoms with van der Waals surface area (Å²) < 4.78 is 0. The zero-order chi connectivity index (χ0) is 21.5. The van der Waals surface area contributed by atoms with E-state index in [2.05, 4.69) is 5.10 Å². The van der Waals surface area contributed by atoms with E-state index in [1.165, 1.54) is 6.21 Å². The quantitative estimate of drug-likeness (QED) is 0.116. The third-order valence-corrected chi connectivity index (χ3v) is 4.94. The number of unbranched alkanes of at least 4 members (excludes halogenated alkanes) is 1. The number of hydrogen-bond acceptors (Lipinski definition) is 7. The topological polar surface area (TPSA) is 162 Å². The molecule has 2 atom stereocenters. The molecule has 8 heteroatoms. The molecule has 0 aliphatic carbocycles. The highest BCUT2D eigenvalue weighted by atomic mass is 16.4. The molecule has 0 aromatic heterocycles. The number of ketones is 1. The lowest BCUT2D eigenvalue weighted by atomic mass is 9.66. The van der Waals surface area contributed by atoms with E-state index in [0.717, 1.165) is 0 Å². The van der Waals surface area contributed by atoms with Gasteiger partial charge in [0.2, 0.25) is 0 Å². The molecule has 8 nitrogen and oxygen atoms in total. The van der Waals surface area contributed by atoms with Crippen LogP contribution in [0.25, 0.3) is 0 Å². The predicted octanol–water partition coefficient (Wildman–Crippen LogP) is 0.902. The number of nitrogens with two attached hydrogens (primary N) is 3. The van der Waals surface area contributed by atoms with Gasteiger partial charge in [0.1, 0.15) is 11.8 Å². The van der Waals surface area contributed by atoms with Gasteiger partial charge in [-0.1, -0.05) is 54.6 Å². The molecule has 0 heterocycles. The molecule has 2 rings (SSSR count). The average molecular weight is 396 g/mol. The Balaban J connectivity index is 2.68. The molecule has 0 aliphatic rings. The molecule has 7 N–H and O–H groups in total. The average Bonchev–Trinajstić information content (AvgIpc) is 2.73. The molecular formula is C21H24N4O4. The monoisotopic (exact) mass is 396 g/mol. The first kappa shape index (κ1) is 21.9. The van der Waals surface area contributed by atoms with Crippen LogP contribution in [0.3, 0.4) is 0 Å². The maximum atomic E-state index is 13.0. The third-order valence-electron chi connectivity index (χ3n) is 4.94. The lowest BCUT2D eigenvalue weighted by Gasteiger charge is -2.42. The van der Waals surface area contributed by atoms with Crippen molar-refractivity contribution in [1.29, 1.82) is 0 Å². The highest BCUT2D eigenvalue weighted by molar-refractivity contribution is 6.10. The number of carboxylic acids is 1. The first-order valence-corrected chi connectivity index (χ1v) is 8.99. The van der Waals surface area contributed by atoms with E-state index >= 15 is 0 Å². The van der Waals surface area contributed by atoms with Crippen LogP contribution in [0, 0.1) is 0 Å². The lowest BCUT2D eigenvalue weighted by molar-refractivity contribution is -0.151. The van der Waals surface area contributed by atoms with Gasteiger partial charge in [0.05, 0.1) is 6.21 Å². The van der Waals surface area contributed by atoms with Crippen molar-refractivity contribution in [1.82, 2.24) is 0 Å². The van der Waals surface area contributed by atoms with Gasteiger partial charge in [-0.2, -0.15) is 5.10 Å². The van der Waals surface area contributed by atoms with Gasteiger partial charge in [0, 0.05) is 12.8 Å². The lowest BCUT2D eigenvalue weighted by Crippen LogP contribution is -2.72. The number of hydrazone groups is 1. The fourth-order valence-corrected chi connectivity index (χ4v) is 3.29. The number of nitrogens with zero attached hydrogens (tertiary/aromatic N) is 1. The van der Waals surface area contributed by atoms with E-state index in [4.69, 9.17) is 17.3 Å². The minimum absolute atomic E-state index is 0.122. The summed E-state index contributed by atoms with van der Waals surface area (Å²) in [6.45, 7) is 0. The molecule has 29 heavy (non-hydrogen) atoms. The van der Waals surface area contributed by atoms with Crippen molar-refractivity contribution < 1.29 is 19.5 Å². The van der Waals surface area contributed by atoms with Crippen molar-refractivity contribution in [3.05, 3.63) is 71.3 Å². The number of benzene rings is 2. The normalized spacial score (nSPS) is 15.4.